The quantitative estimate of drug-likeness (QED) is 0.0556. The van der Waals surface area contributed by atoms with Gasteiger partial charge in [-0.3, -0.25) is 13.6 Å². The average molecular weight is 689 g/mol. The van der Waals surface area contributed by atoms with Crippen LogP contribution < -0.4 is 0 Å². The molecule has 4 aliphatic rings. The molecule has 0 radical (unpaired) electrons. The topological polar surface area (TPSA) is 150 Å². The number of hydrogen-bond donors (Lipinski definition) is 0. The van der Waals surface area contributed by atoms with Crippen LogP contribution in [0.15, 0.2) is 0 Å². The molecule has 13 heteroatoms. The predicted octanol–water partition coefficient (Wildman–Crippen LogP) is 9.08. The fourth-order valence-electron chi connectivity index (χ4n) is 10.4. The molecule has 0 saturated heterocycles. The Morgan fingerprint density at radius 3 is 1.96 bits per heavy atom. The Morgan fingerprint density at radius 2 is 1.36 bits per heavy atom. The fourth-order valence-corrected chi connectivity index (χ4v) is 11.8. The van der Waals surface area contributed by atoms with E-state index in [9.17, 15) is 24.8 Å². The van der Waals surface area contributed by atoms with Crippen LogP contribution in [0.4, 0.5) is 0 Å². The van der Waals surface area contributed by atoms with Crippen molar-refractivity contribution in [1.82, 2.24) is 0 Å². The molecule has 4 rings (SSSR count). The Bertz CT molecular complexity index is 1070. The summed E-state index contributed by atoms with van der Waals surface area (Å²) in [5, 5.41) is 19.1. The largest absolute Gasteiger partial charge is 0.475 e. The van der Waals surface area contributed by atoms with E-state index in [0.29, 0.717) is 17.3 Å². The van der Waals surface area contributed by atoms with Crippen molar-refractivity contribution >= 4 is 7.82 Å². The molecule has 0 unspecified atom stereocenters. The molecule has 0 N–H and O–H groups in total. The third-order valence-electron chi connectivity index (χ3n) is 13.3. The normalized spacial score (nSPS) is 35.0. The molecule has 10 atom stereocenters. The van der Waals surface area contributed by atoms with Gasteiger partial charge in [-0.1, -0.05) is 54.4 Å². The maximum absolute atomic E-state index is 13.7. The lowest BCUT2D eigenvalue weighted by Gasteiger charge is -2.61. The minimum atomic E-state index is -4.02. The molecule has 4 saturated carbocycles. The first-order valence-electron chi connectivity index (χ1n) is 18.3. The first-order valence-corrected chi connectivity index (χ1v) is 19.8. The molecule has 272 valence electrons. The van der Waals surface area contributed by atoms with Gasteiger partial charge < -0.3 is 9.68 Å². The summed E-state index contributed by atoms with van der Waals surface area (Å²) in [4.78, 5) is 29.6. The van der Waals surface area contributed by atoms with Crippen molar-refractivity contribution in [3.8, 4) is 0 Å². The molecule has 0 bridgehead atoms. The molecule has 0 aromatic heterocycles. The minimum Gasteiger partial charge on any atom is -0.314 e. The van der Waals surface area contributed by atoms with E-state index in [0.717, 1.165) is 61.2 Å². The zero-order valence-electron chi connectivity index (χ0n) is 29.6. The van der Waals surface area contributed by atoms with E-state index in [1.807, 2.05) is 0 Å². The monoisotopic (exact) mass is 688 g/mol. The van der Waals surface area contributed by atoms with Crippen molar-refractivity contribution in [2.75, 3.05) is 26.4 Å². The summed E-state index contributed by atoms with van der Waals surface area (Å²) in [5.41, 5.74) is 0.674. The van der Waals surface area contributed by atoms with Crippen molar-refractivity contribution in [2.24, 2.45) is 58.2 Å². The van der Waals surface area contributed by atoms with Crippen molar-refractivity contribution < 1.29 is 38.0 Å². The van der Waals surface area contributed by atoms with Crippen LogP contribution in [-0.2, 0) is 27.8 Å². The van der Waals surface area contributed by atoms with E-state index in [2.05, 4.69) is 51.2 Å². The van der Waals surface area contributed by atoms with Crippen molar-refractivity contribution in [2.45, 2.75) is 131 Å². The molecule has 0 aromatic rings. The second-order valence-corrected chi connectivity index (χ2v) is 17.7. The molecular formula is C34H61N2O10P. The fraction of sp³-hybridized carbons (Fsp3) is 1.00. The number of hydrogen-bond acceptors (Lipinski definition) is 10. The zero-order chi connectivity index (χ0) is 34.4. The van der Waals surface area contributed by atoms with Crippen LogP contribution in [-0.4, -0.2) is 42.7 Å². The van der Waals surface area contributed by atoms with Crippen LogP contribution >= 0.6 is 7.82 Å². The van der Waals surface area contributed by atoms with Gasteiger partial charge in [-0.15, -0.1) is 20.2 Å². The van der Waals surface area contributed by atoms with Gasteiger partial charge in [-0.25, -0.2) is 4.57 Å². The van der Waals surface area contributed by atoms with Gasteiger partial charge in [0.15, 0.2) is 0 Å². The highest BCUT2D eigenvalue weighted by Crippen LogP contribution is 2.69. The van der Waals surface area contributed by atoms with E-state index in [-0.39, 0.29) is 50.8 Å². The van der Waals surface area contributed by atoms with Crippen LogP contribution in [0.5, 0.6) is 0 Å². The van der Waals surface area contributed by atoms with Gasteiger partial charge >= 0.3 is 7.82 Å². The van der Waals surface area contributed by atoms with Crippen LogP contribution in [0.1, 0.15) is 125 Å². The van der Waals surface area contributed by atoms with Crippen LogP contribution in [0, 0.1) is 78.4 Å². The Hall–Kier alpha value is -1.49. The average Bonchev–Trinajstić information content (AvgIpc) is 3.36. The predicted molar refractivity (Wildman–Crippen MR) is 177 cm³/mol. The Labute approximate surface area is 281 Å². The van der Waals surface area contributed by atoms with E-state index in [4.69, 9.17) is 13.6 Å². The Balaban J connectivity index is 1.35. The van der Waals surface area contributed by atoms with E-state index in [1.165, 1.54) is 44.9 Å². The van der Waals surface area contributed by atoms with Crippen LogP contribution in [0.25, 0.3) is 0 Å². The third-order valence-corrected chi connectivity index (χ3v) is 14.9. The molecular weight excluding hydrogens is 627 g/mol. The second-order valence-electron chi connectivity index (χ2n) is 16.1. The third kappa shape index (κ3) is 9.40. The smallest absolute Gasteiger partial charge is 0.314 e. The molecule has 4 fully saturated rings. The number of fused-ring (bicyclic) bond motifs is 5. The summed E-state index contributed by atoms with van der Waals surface area (Å²) in [7, 11) is -4.02. The van der Waals surface area contributed by atoms with Crippen molar-refractivity contribution in [3.05, 3.63) is 20.2 Å². The number of phosphoric acid groups is 1. The van der Waals surface area contributed by atoms with Gasteiger partial charge in [0.25, 0.3) is 10.2 Å². The highest BCUT2D eigenvalue weighted by molar-refractivity contribution is 7.48. The van der Waals surface area contributed by atoms with Gasteiger partial charge in [0, 0.05) is 0 Å². The molecule has 4 aliphatic carbocycles. The SMILES string of the molecule is CC(C)[C@H](C)CC[C@@H](C)[C@H]1CC[C@H]2[C@@H]3CC[C@H]4C[C@@H](OP(=O)(OCCCO[N+](=O)[O-])OCCCO[N+](=O)[O-])CC[C@]4(C)[C@H]3CC[C@]12C. The zero-order valence-corrected chi connectivity index (χ0v) is 30.5. The van der Waals surface area contributed by atoms with Crippen molar-refractivity contribution in [1.29, 1.82) is 0 Å². The number of rotatable bonds is 19. The van der Waals surface area contributed by atoms with Crippen molar-refractivity contribution in [3.63, 3.8) is 0 Å². The Kier molecular flexibility index (Phi) is 13.4. The lowest BCUT2D eigenvalue weighted by atomic mass is 9.44. The highest BCUT2D eigenvalue weighted by atomic mass is 31.2. The van der Waals surface area contributed by atoms with Gasteiger partial charge in [0.2, 0.25) is 0 Å². The van der Waals surface area contributed by atoms with Gasteiger partial charge in [0.05, 0.1) is 32.5 Å². The maximum atomic E-state index is 13.7. The second kappa shape index (κ2) is 16.5. The van der Waals surface area contributed by atoms with E-state index >= 15 is 0 Å². The van der Waals surface area contributed by atoms with E-state index in [1.54, 1.807) is 0 Å². The summed E-state index contributed by atoms with van der Waals surface area (Å²) in [5.74, 6) is 5.90. The lowest BCUT2D eigenvalue weighted by molar-refractivity contribution is -0.757. The maximum Gasteiger partial charge on any atom is 0.475 e. The first-order chi connectivity index (χ1) is 22.2. The highest BCUT2D eigenvalue weighted by Gasteiger charge is 2.60. The molecule has 12 nitrogen and oxygen atoms in total. The molecule has 0 spiro atoms. The van der Waals surface area contributed by atoms with Gasteiger partial charge in [-0.2, -0.15) is 0 Å². The molecule has 0 amide bonds. The van der Waals surface area contributed by atoms with Crippen LogP contribution in [0.3, 0.4) is 0 Å². The summed E-state index contributed by atoms with van der Waals surface area (Å²) >= 11 is 0. The summed E-state index contributed by atoms with van der Waals surface area (Å²) in [6.07, 6.45) is 13.0. The molecule has 0 heterocycles. The minimum absolute atomic E-state index is 0.106. The molecule has 0 aliphatic heterocycles. The standard InChI is InChI=1S/C34H61N2O10P/c1-24(2)25(3)9-10-26(4)30-13-14-31-29-12-11-27-23-28(15-17-33(27,5)32(29)16-18-34(30,31)6)46-47(41,44-21-7-19-42-35(37)38)45-22-8-20-43-36(39)40/h24-32H,7-23H2,1-6H3/t25-,26-,27+,28+,29+,30-,31+,32+,33+,34-/m1/s1. The molecule has 47 heavy (non-hydrogen) atoms. The lowest BCUT2D eigenvalue weighted by Crippen LogP contribution is -2.54. The van der Waals surface area contributed by atoms with Gasteiger partial charge in [0.1, 0.15) is 0 Å². The van der Waals surface area contributed by atoms with E-state index < -0.39 is 18.0 Å². The van der Waals surface area contributed by atoms with Gasteiger partial charge in [-0.05, 0) is 129 Å². The Morgan fingerprint density at radius 1 is 0.766 bits per heavy atom. The number of phosphoric ester groups is 1. The first kappa shape index (κ1) is 38.3. The summed E-state index contributed by atoms with van der Waals surface area (Å²) < 4.78 is 30.9. The number of nitrogens with zero attached hydrogens (tertiary/aromatic N) is 2. The summed E-state index contributed by atoms with van der Waals surface area (Å²) in [6, 6.07) is 0. The van der Waals surface area contributed by atoms with Crippen LogP contribution in [0.2, 0.25) is 0 Å². The molecule has 0 aromatic carbocycles. The summed E-state index contributed by atoms with van der Waals surface area (Å²) in [6.45, 7) is 14.2.